The highest BCUT2D eigenvalue weighted by Crippen LogP contribution is 2.11. The van der Waals surface area contributed by atoms with Crippen LogP contribution in [0, 0.1) is 11.6 Å². The van der Waals surface area contributed by atoms with E-state index in [4.69, 9.17) is 5.11 Å². The van der Waals surface area contributed by atoms with Crippen LogP contribution in [0.1, 0.15) is 18.9 Å². The van der Waals surface area contributed by atoms with E-state index in [0.717, 1.165) is 11.0 Å². The summed E-state index contributed by atoms with van der Waals surface area (Å²) in [5.41, 5.74) is 0.0536. The lowest BCUT2D eigenvalue weighted by Gasteiger charge is -2.20. The van der Waals surface area contributed by atoms with Crippen molar-refractivity contribution in [2.45, 2.75) is 19.8 Å². The average Bonchev–Trinajstić information content (AvgIpc) is 2.31. The van der Waals surface area contributed by atoms with Crippen LogP contribution in [0.5, 0.6) is 0 Å². The van der Waals surface area contributed by atoms with Gasteiger partial charge in [-0.05, 0) is 18.1 Å². The van der Waals surface area contributed by atoms with Crippen molar-refractivity contribution in [3.63, 3.8) is 0 Å². The van der Waals surface area contributed by atoms with Crippen LogP contribution in [0.2, 0.25) is 0 Å². The number of hydrogen-bond acceptors (Lipinski definition) is 2. The van der Waals surface area contributed by atoms with Gasteiger partial charge in [0, 0.05) is 12.6 Å². The van der Waals surface area contributed by atoms with Crippen molar-refractivity contribution in [3.8, 4) is 0 Å². The molecule has 0 aliphatic rings. The van der Waals surface area contributed by atoms with Crippen molar-refractivity contribution in [1.29, 1.82) is 0 Å². The quantitative estimate of drug-likeness (QED) is 0.858. The van der Waals surface area contributed by atoms with Gasteiger partial charge in [0.25, 0.3) is 0 Å². The number of rotatable bonds is 6. The summed E-state index contributed by atoms with van der Waals surface area (Å²) >= 11 is 0. The molecule has 0 bridgehead atoms. The summed E-state index contributed by atoms with van der Waals surface area (Å²) in [5.74, 6) is -3.14. The third-order valence-corrected chi connectivity index (χ3v) is 2.53. The molecule has 1 amide bonds. The van der Waals surface area contributed by atoms with E-state index in [2.05, 4.69) is 0 Å². The number of carboxylic acids is 1. The van der Waals surface area contributed by atoms with Gasteiger partial charge in [0.1, 0.15) is 18.2 Å². The Morgan fingerprint density at radius 2 is 2.00 bits per heavy atom. The van der Waals surface area contributed by atoms with Crippen LogP contribution in [0.4, 0.5) is 8.78 Å². The van der Waals surface area contributed by atoms with Crippen LogP contribution >= 0.6 is 0 Å². The van der Waals surface area contributed by atoms with Crippen molar-refractivity contribution < 1.29 is 23.5 Å². The zero-order valence-electron chi connectivity index (χ0n) is 10.5. The first-order chi connectivity index (χ1) is 8.93. The zero-order chi connectivity index (χ0) is 14.4. The lowest BCUT2D eigenvalue weighted by atomic mass is 10.1. The maximum absolute atomic E-state index is 13.4. The lowest BCUT2D eigenvalue weighted by molar-refractivity contribution is -0.144. The Kier molecular flexibility index (Phi) is 5.41. The van der Waals surface area contributed by atoms with Gasteiger partial charge in [0.15, 0.2) is 0 Å². The minimum atomic E-state index is -1.12. The van der Waals surface area contributed by atoms with Gasteiger partial charge in [0.05, 0.1) is 6.42 Å². The van der Waals surface area contributed by atoms with Crippen molar-refractivity contribution in [3.05, 3.63) is 35.4 Å². The number of carbonyl (C=O) groups is 2. The van der Waals surface area contributed by atoms with Gasteiger partial charge in [-0.15, -0.1) is 0 Å². The van der Waals surface area contributed by atoms with Gasteiger partial charge in [-0.2, -0.15) is 0 Å². The fourth-order valence-electron chi connectivity index (χ4n) is 1.66. The van der Waals surface area contributed by atoms with Crippen LogP contribution in [0.3, 0.4) is 0 Å². The molecule has 0 saturated carbocycles. The molecule has 104 valence electrons. The molecule has 6 heteroatoms. The van der Waals surface area contributed by atoms with E-state index in [1.54, 1.807) is 6.92 Å². The van der Waals surface area contributed by atoms with Gasteiger partial charge >= 0.3 is 5.97 Å². The van der Waals surface area contributed by atoms with Crippen LogP contribution in [-0.2, 0) is 16.0 Å². The number of carbonyl (C=O) groups excluding carboxylic acids is 1. The Hall–Kier alpha value is -1.98. The smallest absolute Gasteiger partial charge is 0.323 e. The van der Waals surface area contributed by atoms with E-state index in [-0.39, 0.29) is 18.5 Å². The molecule has 0 aliphatic heterocycles. The van der Waals surface area contributed by atoms with E-state index in [0.29, 0.717) is 12.5 Å². The van der Waals surface area contributed by atoms with E-state index in [1.165, 1.54) is 6.07 Å². The number of halogens is 2. The third kappa shape index (κ3) is 4.65. The first kappa shape index (κ1) is 15.1. The maximum atomic E-state index is 13.4. The highest BCUT2D eigenvalue weighted by atomic mass is 19.1. The minimum Gasteiger partial charge on any atom is -0.480 e. The largest absolute Gasteiger partial charge is 0.480 e. The normalized spacial score (nSPS) is 10.3. The van der Waals surface area contributed by atoms with E-state index < -0.39 is 30.1 Å². The Morgan fingerprint density at radius 3 is 2.53 bits per heavy atom. The summed E-state index contributed by atoms with van der Waals surface area (Å²) < 4.78 is 26.1. The first-order valence-corrected chi connectivity index (χ1v) is 5.87. The van der Waals surface area contributed by atoms with Gasteiger partial charge in [-0.25, -0.2) is 8.78 Å². The summed E-state index contributed by atoms with van der Waals surface area (Å²) in [4.78, 5) is 23.7. The highest BCUT2D eigenvalue weighted by Gasteiger charge is 2.17. The van der Waals surface area contributed by atoms with E-state index in [9.17, 15) is 18.4 Å². The van der Waals surface area contributed by atoms with Crippen LogP contribution in [0.25, 0.3) is 0 Å². The monoisotopic (exact) mass is 271 g/mol. The Labute approximate surface area is 109 Å². The fourth-order valence-corrected chi connectivity index (χ4v) is 1.66. The molecule has 1 N–H and O–H groups in total. The number of amides is 1. The zero-order valence-corrected chi connectivity index (χ0v) is 10.5. The molecular weight excluding hydrogens is 256 g/mol. The molecule has 0 aliphatic carbocycles. The molecule has 1 aromatic carbocycles. The van der Waals surface area contributed by atoms with Crippen LogP contribution in [-0.4, -0.2) is 35.0 Å². The molecule has 0 radical (unpaired) electrons. The van der Waals surface area contributed by atoms with Crippen molar-refractivity contribution in [2.24, 2.45) is 0 Å². The van der Waals surface area contributed by atoms with Gasteiger partial charge in [-0.1, -0.05) is 13.0 Å². The molecule has 0 spiro atoms. The lowest BCUT2D eigenvalue weighted by Crippen LogP contribution is -2.37. The SMILES string of the molecule is CCCN(CC(=O)O)C(=O)Cc1ccc(F)cc1F. The van der Waals surface area contributed by atoms with Crippen molar-refractivity contribution in [2.75, 3.05) is 13.1 Å². The van der Waals surface area contributed by atoms with Crippen molar-refractivity contribution in [1.82, 2.24) is 4.90 Å². The topological polar surface area (TPSA) is 57.6 Å². The molecule has 4 nitrogen and oxygen atoms in total. The Morgan fingerprint density at radius 1 is 1.32 bits per heavy atom. The van der Waals surface area contributed by atoms with Crippen LogP contribution in [0.15, 0.2) is 18.2 Å². The number of aliphatic carboxylic acids is 1. The van der Waals surface area contributed by atoms with Crippen molar-refractivity contribution >= 4 is 11.9 Å². The highest BCUT2D eigenvalue weighted by molar-refractivity contribution is 5.83. The fraction of sp³-hybridized carbons (Fsp3) is 0.385. The first-order valence-electron chi connectivity index (χ1n) is 5.87. The molecule has 1 rings (SSSR count). The Balaban J connectivity index is 2.77. The second-order valence-electron chi connectivity index (χ2n) is 4.12. The molecule has 1 aromatic rings. The molecule has 0 heterocycles. The Bertz CT molecular complexity index is 477. The van der Waals surface area contributed by atoms with E-state index in [1.807, 2.05) is 0 Å². The second kappa shape index (κ2) is 6.82. The second-order valence-corrected chi connectivity index (χ2v) is 4.12. The maximum Gasteiger partial charge on any atom is 0.323 e. The number of carboxylic acid groups (broad SMARTS) is 1. The molecule has 19 heavy (non-hydrogen) atoms. The molecule has 0 unspecified atom stereocenters. The predicted octanol–water partition coefficient (Wildman–Crippen LogP) is 1.83. The number of nitrogens with zero attached hydrogens (tertiary/aromatic N) is 1. The molecule has 0 fully saturated rings. The van der Waals surface area contributed by atoms with Gasteiger partial charge in [0.2, 0.25) is 5.91 Å². The van der Waals surface area contributed by atoms with E-state index >= 15 is 0 Å². The molecule has 0 aromatic heterocycles. The summed E-state index contributed by atoms with van der Waals surface area (Å²) in [6, 6.07) is 2.95. The standard InChI is InChI=1S/C13H15F2NO3/c1-2-5-16(8-13(18)19)12(17)6-9-3-4-10(14)7-11(9)15/h3-4,7H,2,5-6,8H2,1H3,(H,18,19). The molecule has 0 saturated heterocycles. The molecule has 0 atom stereocenters. The number of benzene rings is 1. The third-order valence-electron chi connectivity index (χ3n) is 2.53. The predicted molar refractivity (Wildman–Crippen MR) is 64.6 cm³/mol. The molecular formula is C13H15F2NO3. The number of hydrogen-bond donors (Lipinski definition) is 1. The van der Waals surface area contributed by atoms with Gasteiger partial charge < -0.3 is 10.0 Å². The van der Waals surface area contributed by atoms with Crippen LogP contribution < -0.4 is 0 Å². The van der Waals surface area contributed by atoms with Gasteiger partial charge in [-0.3, -0.25) is 9.59 Å². The average molecular weight is 271 g/mol. The summed E-state index contributed by atoms with van der Waals surface area (Å²) in [5, 5.41) is 8.70. The summed E-state index contributed by atoms with van der Waals surface area (Å²) in [6.07, 6.45) is 0.324. The summed E-state index contributed by atoms with van der Waals surface area (Å²) in [7, 11) is 0. The summed E-state index contributed by atoms with van der Waals surface area (Å²) in [6.45, 7) is 1.67. The minimum absolute atomic E-state index is 0.0536.